The molecule has 27 heavy (non-hydrogen) atoms. The Hall–Kier alpha value is -1.55. The van der Waals surface area contributed by atoms with Crippen molar-refractivity contribution >= 4 is 5.97 Å². The third-order valence-electron chi connectivity index (χ3n) is 5.98. The first-order valence-corrected chi connectivity index (χ1v) is 10.5. The fourth-order valence-electron chi connectivity index (χ4n) is 4.84. The van der Waals surface area contributed by atoms with Gasteiger partial charge in [-0.05, 0) is 83.1 Å². The highest BCUT2D eigenvalue weighted by atomic mass is 16.5. The Morgan fingerprint density at radius 1 is 1.15 bits per heavy atom. The number of benzene rings is 1. The summed E-state index contributed by atoms with van der Waals surface area (Å²) < 4.78 is 4.82. The largest absolute Gasteiger partial charge is 0.508 e. The Balaban J connectivity index is 2.21. The van der Waals surface area contributed by atoms with Crippen LogP contribution in [0.3, 0.4) is 0 Å². The molecule has 2 rings (SSSR count). The van der Waals surface area contributed by atoms with E-state index in [1.165, 1.54) is 39.2 Å². The Labute approximate surface area is 164 Å². The van der Waals surface area contributed by atoms with Crippen LogP contribution >= 0.6 is 0 Å². The third kappa shape index (κ3) is 5.71. The summed E-state index contributed by atoms with van der Waals surface area (Å²) in [5, 5.41) is 10.3. The molecule has 152 valence electrons. The van der Waals surface area contributed by atoms with Crippen LogP contribution in [0.1, 0.15) is 82.1 Å². The summed E-state index contributed by atoms with van der Waals surface area (Å²) in [4.78, 5) is 14.5. The number of hydrogen-bond donors (Lipinski definition) is 1. The van der Waals surface area contributed by atoms with Crippen molar-refractivity contribution in [2.24, 2.45) is 5.92 Å². The van der Waals surface area contributed by atoms with Gasteiger partial charge in [0.05, 0.1) is 12.7 Å². The van der Waals surface area contributed by atoms with Crippen molar-refractivity contribution < 1.29 is 14.6 Å². The number of phenols is 1. The summed E-state index contributed by atoms with van der Waals surface area (Å²) in [6.45, 7) is 9.13. The molecule has 0 radical (unpaired) electrons. The van der Waals surface area contributed by atoms with Gasteiger partial charge in [0.15, 0.2) is 0 Å². The van der Waals surface area contributed by atoms with Gasteiger partial charge < -0.3 is 9.84 Å². The molecule has 1 saturated carbocycles. The van der Waals surface area contributed by atoms with Gasteiger partial charge in [-0.3, -0.25) is 4.90 Å². The highest BCUT2D eigenvalue weighted by Crippen LogP contribution is 2.34. The monoisotopic (exact) mass is 375 g/mol. The van der Waals surface area contributed by atoms with E-state index in [4.69, 9.17) is 4.74 Å². The second-order valence-corrected chi connectivity index (χ2v) is 8.47. The van der Waals surface area contributed by atoms with Gasteiger partial charge in [0.2, 0.25) is 0 Å². The lowest BCUT2D eigenvalue weighted by molar-refractivity contribution is 0.0530. The number of aromatic hydroxyl groups is 1. The molecule has 1 aliphatic carbocycles. The number of methoxy groups -OCH3 is 1. The van der Waals surface area contributed by atoms with Gasteiger partial charge in [-0.15, -0.1) is 0 Å². The van der Waals surface area contributed by atoms with Gasteiger partial charge in [0.1, 0.15) is 5.75 Å². The molecule has 0 aromatic heterocycles. The zero-order valence-corrected chi connectivity index (χ0v) is 17.7. The Morgan fingerprint density at radius 3 is 2.33 bits per heavy atom. The lowest BCUT2D eigenvalue weighted by Gasteiger charge is -2.44. The first-order valence-electron chi connectivity index (χ1n) is 10.5. The van der Waals surface area contributed by atoms with Gasteiger partial charge in [-0.1, -0.05) is 19.3 Å². The number of hydrogen-bond acceptors (Lipinski definition) is 4. The molecule has 0 bridgehead atoms. The van der Waals surface area contributed by atoms with Gasteiger partial charge in [0.25, 0.3) is 0 Å². The van der Waals surface area contributed by atoms with Crippen LogP contribution in [0.5, 0.6) is 5.75 Å². The van der Waals surface area contributed by atoms with Crippen LogP contribution < -0.4 is 0 Å². The maximum atomic E-state index is 11.8. The fraction of sp³-hybridized carbons (Fsp3) is 0.696. The Morgan fingerprint density at radius 2 is 1.78 bits per heavy atom. The van der Waals surface area contributed by atoms with Gasteiger partial charge in [-0.25, -0.2) is 4.79 Å². The van der Waals surface area contributed by atoms with Crippen molar-refractivity contribution in [3.8, 4) is 5.75 Å². The van der Waals surface area contributed by atoms with Crippen molar-refractivity contribution in [3.05, 3.63) is 29.3 Å². The number of phenolic OH excluding ortho intramolecular Hbond substituents is 1. The normalized spacial score (nSPS) is 16.9. The zero-order valence-electron chi connectivity index (χ0n) is 17.7. The number of rotatable bonds is 8. The zero-order chi connectivity index (χ0) is 20.0. The Bertz CT molecular complexity index is 598. The van der Waals surface area contributed by atoms with Gasteiger partial charge in [-0.2, -0.15) is 0 Å². The third-order valence-corrected chi connectivity index (χ3v) is 5.98. The molecule has 0 aliphatic heterocycles. The molecule has 1 unspecified atom stereocenters. The highest BCUT2D eigenvalue weighted by molar-refractivity contribution is 5.89. The summed E-state index contributed by atoms with van der Waals surface area (Å²) in [6, 6.07) is 6.51. The van der Waals surface area contributed by atoms with Crippen molar-refractivity contribution in [3.63, 3.8) is 0 Å². The molecule has 0 amide bonds. The first-order chi connectivity index (χ1) is 12.8. The minimum atomic E-state index is -0.355. The van der Waals surface area contributed by atoms with Crippen LogP contribution in [-0.2, 0) is 11.2 Å². The topological polar surface area (TPSA) is 49.8 Å². The average Bonchev–Trinajstić information content (AvgIpc) is 2.65. The molecule has 4 heteroatoms. The van der Waals surface area contributed by atoms with Crippen LogP contribution in [0.15, 0.2) is 18.2 Å². The molecular weight excluding hydrogens is 338 g/mol. The van der Waals surface area contributed by atoms with E-state index >= 15 is 0 Å². The first kappa shape index (κ1) is 21.7. The molecule has 0 saturated heterocycles. The molecule has 4 nitrogen and oxygen atoms in total. The molecule has 0 heterocycles. The van der Waals surface area contributed by atoms with Crippen molar-refractivity contribution in [1.29, 1.82) is 0 Å². The van der Waals surface area contributed by atoms with Crippen molar-refractivity contribution in [2.45, 2.75) is 90.8 Å². The van der Waals surface area contributed by atoms with Gasteiger partial charge >= 0.3 is 5.97 Å². The van der Waals surface area contributed by atoms with Crippen LogP contribution in [0.25, 0.3) is 0 Å². The molecular formula is C23H37NO3. The van der Waals surface area contributed by atoms with E-state index in [0.29, 0.717) is 23.7 Å². The van der Waals surface area contributed by atoms with E-state index in [0.717, 1.165) is 24.3 Å². The van der Waals surface area contributed by atoms with E-state index < -0.39 is 0 Å². The number of aryl methyl sites for hydroxylation is 1. The molecule has 1 aliphatic rings. The van der Waals surface area contributed by atoms with Crippen LogP contribution in [0.4, 0.5) is 0 Å². The highest BCUT2D eigenvalue weighted by Gasteiger charge is 2.31. The maximum Gasteiger partial charge on any atom is 0.337 e. The van der Waals surface area contributed by atoms with Crippen LogP contribution in [0, 0.1) is 5.92 Å². The maximum absolute atomic E-state index is 11.8. The van der Waals surface area contributed by atoms with E-state index in [9.17, 15) is 9.90 Å². The van der Waals surface area contributed by atoms with Gasteiger partial charge in [0, 0.05) is 18.1 Å². The number of carbonyl (C=O) groups excluding carboxylic acids is 1. The number of nitrogens with zero attached hydrogens (tertiary/aromatic N) is 1. The number of ether oxygens (including phenoxy) is 1. The molecule has 1 N–H and O–H groups in total. The van der Waals surface area contributed by atoms with Crippen molar-refractivity contribution in [1.82, 2.24) is 4.90 Å². The predicted octanol–water partition coefficient (Wildman–Crippen LogP) is 5.18. The average molecular weight is 376 g/mol. The minimum Gasteiger partial charge on any atom is -0.508 e. The smallest absolute Gasteiger partial charge is 0.337 e. The number of esters is 1. The second-order valence-electron chi connectivity index (χ2n) is 8.47. The summed E-state index contributed by atoms with van der Waals surface area (Å²) >= 11 is 0. The quantitative estimate of drug-likeness (QED) is 0.636. The second kappa shape index (κ2) is 10.1. The lowest BCUT2D eigenvalue weighted by Crippen LogP contribution is -2.49. The summed E-state index contributed by atoms with van der Waals surface area (Å²) in [5.74, 6) is 0.631. The lowest BCUT2D eigenvalue weighted by atomic mass is 9.80. The van der Waals surface area contributed by atoms with E-state index in [1.54, 1.807) is 18.2 Å². The minimum absolute atomic E-state index is 0.269. The summed E-state index contributed by atoms with van der Waals surface area (Å²) in [7, 11) is 1.39. The molecule has 1 atom stereocenters. The van der Waals surface area contributed by atoms with E-state index in [-0.39, 0.29) is 11.7 Å². The SMILES string of the molecule is COC(=O)c1ccc(O)c(CCC(C2CCCCC2)N(C(C)C)C(C)C)c1. The van der Waals surface area contributed by atoms with Crippen LogP contribution in [0.2, 0.25) is 0 Å². The molecule has 1 aromatic carbocycles. The van der Waals surface area contributed by atoms with E-state index in [1.807, 2.05) is 0 Å². The van der Waals surface area contributed by atoms with E-state index in [2.05, 4.69) is 32.6 Å². The summed E-state index contributed by atoms with van der Waals surface area (Å²) in [5.41, 5.74) is 1.34. The standard InChI is InChI=1S/C23H37NO3/c1-16(2)24(17(3)4)21(18-9-7-6-8-10-18)13-11-19-15-20(23(26)27-5)12-14-22(19)25/h12,14-18,21,25H,6-11,13H2,1-5H3. The molecule has 1 fully saturated rings. The van der Waals surface area contributed by atoms with Crippen LogP contribution in [-0.4, -0.2) is 41.2 Å². The fourth-order valence-corrected chi connectivity index (χ4v) is 4.84. The molecule has 0 spiro atoms. The molecule has 1 aromatic rings. The Kier molecular flexibility index (Phi) is 8.15. The predicted molar refractivity (Wildman–Crippen MR) is 110 cm³/mol. The number of carbonyl (C=O) groups is 1. The summed E-state index contributed by atoms with van der Waals surface area (Å²) in [6.07, 6.45) is 8.38. The van der Waals surface area contributed by atoms with Crippen molar-refractivity contribution in [2.75, 3.05) is 7.11 Å².